The van der Waals surface area contributed by atoms with Crippen molar-refractivity contribution in [2.75, 3.05) is 11.4 Å². The first kappa shape index (κ1) is 12.0. The summed E-state index contributed by atoms with van der Waals surface area (Å²) >= 11 is 1.69. The van der Waals surface area contributed by atoms with E-state index in [1.54, 1.807) is 11.3 Å². The van der Waals surface area contributed by atoms with Crippen LogP contribution in [0, 0.1) is 0 Å². The molecule has 98 valence electrons. The van der Waals surface area contributed by atoms with E-state index in [0.717, 1.165) is 23.8 Å². The number of thiazole rings is 1. The lowest BCUT2D eigenvalue weighted by Gasteiger charge is -2.31. The first-order valence-electron chi connectivity index (χ1n) is 6.49. The van der Waals surface area contributed by atoms with E-state index in [9.17, 15) is 9.90 Å². The third-order valence-corrected chi connectivity index (χ3v) is 5.29. The lowest BCUT2D eigenvalue weighted by Crippen LogP contribution is -2.38. The van der Waals surface area contributed by atoms with Crippen LogP contribution in [0.5, 0.6) is 0 Å². The van der Waals surface area contributed by atoms with Crippen LogP contribution in [0.25, 0.3) is 0 Å². The Hall–Kier alpha value is -1.10. The second kappa shape index (κ2) is 3.95. The summed E-state index contributed by atoms with van der Waals surface area (Å²) in [5.41, 5.74) is 0.981. The Kier molecular flexibility index (Phi) is 2.62. The summed E-state index contributed by atoms with van der Waals surface area (Å²) in [7, 11) is 0. The first-order chi connectivity index (χ1) is 8.49. The summed E-state index contributed by atoms with van der Waals surface area (Å²) in [6, 6.07) is 0. The van der Waals surface area contributed by atoms with E-state index in [0.29, 0.717) is 6.42 Å². The fourth-order valence-corrected chi connectivity index (χ4v) is 4.36. The van der Waals surface area contributed by atoms with E-state index in [-0.39, 0.29) is 11.5 Å². The van der Waals surface area contributed by atoms with Gasteiger partial charge in [0.1, 0.15) is 5.92 Å². The molecule has 3 rings (SSSR count). The maximum absolute atomic E-state index is 11.2. The molecule has 2 aliphatic rings. The lowest BCUT2D eigenvalue weighted by molar-refractivity contribution is -0.138. The van der Waals surface area contributed by atoms with Crippen molar-refractivity contribution in [1.82, 2.24) is 4.98 Å². The van der Waals surface area contributed by atoms with Crippen molar-refractivity contribution in [3.63, 3.8) is 0 Å². The standard InChI is InChI=1S/C13H18N2O2S/c1-13(2)6-3-7-15(13)12-14-10-8(11(16)17)4-5-9(10)18-12/h8H,3-7H2,1-2H3,(H,16,17). The van der Waals surface area contributed by atoms with E-state index in [1.165, 1.54) is 17.7 Å². The van der Waals surface area contributed by atoms with Crippen LogP contribution in [0.3, 0.4) is 0 Å². The SMILES string of the molecule is CC1(C)CCCN1c1nc2c(s1)CCC2C(=O)O. The van der Waals surface area contributed by atoms with Crippen molar-refractivity contribution in [3.8, 4) is 0 Å². The number of hydrogen-bond acceptors (Lipinski definition) is 4. The topological polar surface area (TPSA) is 53.4 Å². The zero-order valence-electron chi connectivity index (χ0n) is 10.8. The van der Waals surface area contributed by atoms with Gasteiger partial charge in [-0.3, -0.25) is 4.79 Å². The largest absolute Gasteiger partial charge is 0.481 e. The molecule has 0 saturated carbocycles. The normalized spacial score (nSPS) is 25.4. The van der Waals surface area contributed by atoms with Gasteiger partial charge in [-0.1, -0.05) is 0 Å². The zero-order chi connectivity index (χ0) is 12.9. The molecule has 0 radical (unpaired) electrons. The fourth-order valence-electron chi connectivity index (χ4n) is 3.03. The van der Waals surface area contributed by atoms with Crippen LogP contribution >= 0.6 is 11.3 Å². The summed E-state index contributed by atoms with van der Waals surface area (Å²) in [6.07, 6.45) is 3.96. The summed E-state index contributed by atoms with van der Waals surface area (Å²) in [4.78, 5) is 19.3. The highest BCUT2D eigenvalue weighted by molar-refractivity contribution is 7.15. The molecule has 2 heterocycles. The van der Waals surface area contributed by atoms with Crippen molar-refractivity contribution in [3.05, 3.63) is 10.6 Å². The summed E-state index contributed by atoms with van der Waals surface area (Å²) < 4.78 is 0. The van der Waals surface area contributed by atoms with E-state index in [4.69, 9.17) is 0 Å². The predicted octanol–water partition coefficient (Wildman–Crippen LogP) is 2.64. The predicted molar refractivity (Wildman–Crippen MR) is 71.5 cm³/mol. The molecule has 1 aromatic heterocycles. The Morgan fingerprint density at radius 1 is 1.56 bits per heavy atom. The van der Waals surface area contributed by atoms with Gasteiger partial charge in [-0.05, 0) is 39.5 Å². The highest BCUT2D eigenvalue weighted by Gasteiger charge is 2.37. The van der Waals surface area contributed by atoms with Gasteiger partial charge in [0.05, 0.1) is 5.69 Å². The van der Waals surface area contributed by atoms with Crippen molar-refractivity contribution < 1.29 is 9.90 Å². The number of fused-ring (bicyclic) bond motifs is 1. The van der Waals surface area contributed by atoms with Crippen molar-refractivity contribution in [2.45, 2.75) is 51.0 Å². The van der Waals surface area contributed by atoms with E-state index in [2.05, 4.69) is 23.7 Å². The quantitative estimate of drug-likeness (QED) is 0.894. The number of aryl methyl sites for hydroxylation is 1. The number of aromatic nitrogens is 1. The number of carboxylic acids is 1. The number of nitrogens with zero attached hydrogens (tertiary/aromatic N) is 2. The van der Waals surface area contributed by atoms with Crippen LogP contribution in [0.2, 0.25) is 0 Å². The average molecular weight is 266 g/mol. The van der Waals surface area contributed by atoms with E-state index >= 15 is 0 Å². The van der Waals surface area contributed by atoms with Gasteiger partial charge in [-0.15, -0.1) is 11.3 Å². The lowest BCUT2D eigenvalue weighted by atomic mass is 10.0. The number of hydrogen-bond donors (Lipinski definition) is 1. The molecule has 1 aromatic rings. The molecular weight excluding hydrogens is 248 g/mol. The van der Waals surface area contributed by atoms with Crippen LogP contribution in [0.15, 0.2) is 0 Å². The molecule has 0 amide bonds. The van der Waals surface area contributed by atoms with Crippen LogP contribution in [-0.4, -0.2) is 28.1 Å². The summed E-state index contributed by atoms with van der Waals surface area (Å²) in [5.74, 6) is -1.11. The molecule has 1 saturated heterocycles. The molecule has 0 aromatic carbocycles. The smallest absolute Gasteiger partial charge is 0.312 e. The monoisotopic (exact) mass is 266 g/mol. The third kappa shape index (κ3) is 1.72. The van der Waals surface area contributed by atoms with Crippen LogP contribution in [0.1, 0.15) is 49.6 Å². The molecule has 18 heavy (non-hydrogen) atoms. The van der Waals surface area contributed by atoms with Crippen LogP contribution < -0.4 is 4.90 Å². The van der Waals surface area contributed by atoms with Crippen molar-refractivity contribution >= 4 is 22.4 Å². The molecule has 1 atom stereocenters. The highest BCUT2D eigenvalue weighted by atomic mass is 32.1. The Bertz CT molecular complexity index is 495. The van der Waals surface area contributed by atoms with E-state index < -0.39 is 5.97 Å². The maximum Gasteiger partial charge on any atom is 0.312 e. The second-order valence-corrected chi connectivity index (χ2v) is 6.86. The molecule has 1 unspecified atom stereocenters. The Morgan fingerprint density at radius 2 is 2.33 bits per heavy atom. The van der Waals surface area contributed by atoms with Gasteiger partial charge in [0.2, 0.25) is 0 Å². The number of carboxylic acid groups (broad SMARTS) is 1. The van der Waals surface area contributed by atoms with Gasteiger partial charge < -0.3 is 10.0 Å². The number of anilines is 1. The molecule has 1 N–H and O–H groups in total. The Balaban J connectivity index is 1.93. The van der Waals surface area contributed by atoms with Gasteiger partial charge >= 0.3 is 5.97 Å². The van der Waals surface area contributed by atoms with Gasteiger partial charge in [0, 0.05) is 17.0 Å². The number of rotatable bonds is 2. The van der Waals surface area contributed by atoms with Gasteiger partial charge in [-0.25, -0.2) is 4.98 Å². The minimum Gasteiger partial charge on any atom is -0.481 e. The second-order valence-electron chi connectivity index (χ2n) is 5.80. The summed E-state index contributed by atoms with van der Waals surface area (Å²) in [5, 5.41) is 10.2. The van der Waals surface area contributed by atoms with Crippen molar-refractivity contribution in [2.24, 2.45) is 0 Å². The molecule has 0 spiro atoms. The van der Waals surface area contributed by atoms with Gasteiger partial charge in [0.15, 0.2) is 5.13 Å². The average Bonchev–Trinajstić information content (AvgIpc) is 2.88. The fraction of sp³-hybridized carbons (Fsp3) is 0.692. The zero-order valence-corrected chi connectivity index (χ0v) is 11.6. The Morgan fingerprint density at radius 3 is 2.94 bits per heavy atom. The maximum atomic E-state index is 11.2. The molecule has 4 nitrogen and oxygen atoms in total. The van der Waals surface area contributed by atoms with Crippen molar-refractivity contribution in [1.29, 1.82) is 0 Å². The molecule has 0 bridgehead atoms. The first-order valence-corrected chi connectivity index (χ1v) is 7.31. The van der Waals surface area contributed by atoms with Crippen LogP contribution in [-0.2, 0) is 11.2 Å². The molecule has 1 fully saturated rings. The molecule has 1 aliphatic carbocycles. The van der Waals surface area contributed by atoms with Crippen LogP contribution in [0.4, 0.5) is 5.13 Å². The van der Waals surface area contributed by atoms with Gasteiger partial charge in [0.25, 0.3) is 0 Å². The minimum atomic E-state index is -0.730. The molecule has 5 heteroatoms. The molecular formula is C13H18N2O2S. The molecule has 1 aliphatic heterocycles. The van der Waals surface area contributed by atoms with Gasteiger partial charge in [-0.2, -0.15) is 0 Å². The highest BCUT2D eigenvalue weighted by Crippen LogP contribution is 2.43. The summed E-state index contributed by atoms with van der Waals surface area (Å²) in [6.45, 7) is 5.51. The third-order valence-electron chi connectivity index (χ3n) is 4.14. The Labute approximate surface area is 111 Å². The number of carbonyl (C=O) groups is 1. The minimum absolute atomic E-state index is 0.157. The number of aliphatic carboxylic acids is 1. The van der Waals surface area contributed by atoms with E-state index in [1.807, 2.05) is 0 Å².